The fourth-order valence-corrected chi connectivity index (χ4v) is 3.43. The molecule has 0 bridgehead atoms. The van der Waals surface area contributed by atoms with Gasteiger partial charge in [-0.25, -0.2) is 9.97 Å². The molecule has 0 radical (unpaired) electrons. The first kappa shape index (κ1) is 15.5. The van der Waals surface area contributed by atoms with Crippen LogP contribution < -0.4 is 0 Å². The number of hydrogen-bond acceptors (Lipinski definition) is 5. The molecule has 5 heteroatoms. The second-order valence-electron chi connectivity index (χ2n) is 5.31. The second-order valence-corrected chi connectivity index (χ2v) is 6.42. The second kappa shape index (κ2) is 7.72. The van der Waals surface area contributed by atoms with Crippen LogP contribution in [0.5, 0.6) is 0 Å². The summed E-state index contributed by atoms with van der Waals surface area (Å²) in [5.74, 6) is 1.88. The van der Waals surface area contributed by atoms with Crippen molar-refractivity contribution in [3.63, 3.8) is 0 Å². The molecule has 0 saturated carbocycles. The van der Waals surface area contributed by atoms with Crippen LogP contribution in [-0.4, -0.2) is 53.5 Å². The molecule has 0 N–H and O–H groups in total. The van der Waals surface area contributed by atoms with Crippen molar-refractivity contribution in [3.05, 3.63) is 42.2 Å². The maximum atomic E-state index is 5.38. The average Bonchev–Trinajstić information content (AvgIpc) is 2.56. The van der Waals surface area contributed by atoms with Gasteiger partial charge in [0.15, 0.2) is 0 Å². The lowest BCUT2D eigenvalue weighted by Crippen LogP contribution is -2.37. The van der Waals surface area contributed by atoms with Gasteiger partial charge in [0.05, 0.1) is 18.9 Å². The van der Waals surface area contributed by atoms with E-state index < -0.39 is 0 Å². The molecule has 1 aromatic carbocycles. The Labute approximate surface area is 135 Å². The van der Waals surface area contributed by atoms with Crippen LogP contribution in [0, 0.1) is 6.92 Å². The molecule has 116 valence electrons. The van der Waals surface area contributed by atoms with Gasteiger partial charge in [0.25, 0.3) is 0 Å². The molecule has 0 spiro atoms. The SMILES string of the molecule is Cc1nc(SCCN2CCOCC2)cc(-c2ccccc2)n1. The van der Waals surface area contributed by atoms with Crippen LogP contribution in [0.15, 0.2) is 41.4 Å². The Hall–Kier alpha value is -1.43. The van der Waals surface area contributed by atoms with E-state index in [0.29, 0.717) is 0 Å². The largest absolute Gasteiger partial charge is 0.379 e. The van der Waals surface area contributed by atoms with Crippen molar-refractivity contribution in [2.45, 2.75) is 11.9 Å². The number of nitrogens with zero attached hydrogens (tertiary/aromatic N) is 3. The Kier molecular flexibility index (Phi) is 5.43. The number of thioether (sulfide) groups is 1. The van der Waals surface area contributed by atoms with Gasteiger partial charge in [-0.15, -0.1) is 11.8 Å². The molecular formula is C17H21N3OS. The minimum atomic E-state index is 0.829. The summed E-state index contributed by atoms with van der Waals surface area (Å²) < 4.78 is 5.38. The molecule has 0 amide bonds. The van der Waals surface area contributed by atoms with Crippen molar-refractivity contribution in [1.82, 2.24) is 14.9 Å². The van der Waals surface area contributed by atoms with Gasteiger partial charge in [0, 0.05) is 31.0 Å². The van der Waals surface area contributed by atoms with Gasteiger partial charge in [0.2, 0.25) is 0 Å². The Morgan fingerprint density at radius 1 is 1.14 bits per heavy atom. The minimum Gasteiger partial charge on any atom is -0.379 e. The van der Waals surface area contributed by atoms with Crippen LogP contribution in [0.3, 0.4) is 0 Å². The van der Waals surface area contributed by atoms with Gasteiger partial charge < -0.3 is 4.74 Å². The van der Waals surface area contributed by atoms with E-state index in [1.165, 1.54) is 0 Å². The number of morpholine rings is 1. The van der Waals surface area contributed by atoms with Crippen LogP contribution in [0.4, 0.5) is 0 Å². The van der Waals surface area contributed by atoms with E-state index in [9.17, 15) is 0 Å². The topological polar surface area (TPSA) is 38.2 Å². The van der Waals surface area contributed by atoms with Gasteiger partial charge in [-0.1, -0.05) is 30.3 Å². The molecule has 2 aromatic rings. The molecule has 1 aliphatic heterocycles. The predicted molar refractivity (Wildman–Crippen MR) is 90.2 cm³/mol. The van der Waals surface area contributed by atoms with Crippen molar-refractivity contribution >= 4 is 11.8 Å². The fraction of sp³-hybridized carbons (Fsp3) is 0.412. The number of rotatable bonds is 5. The maximum absolute atomic E-state index is 5.38. The first-order valence-corrected chi connectivity index (χ1v) is 8.64. The standard InChI is InChI=1S/C17H21N3OS/c1-14-18-16(15-5-3-2-4-6-15)13-17(19-14)22-12-9-20-7-10-21-11-8-20/h2-6,13H,7-12H2,1H3. The molecule has 0 atom stereocenters. The smallest absolute Gasteiger partial charge is 0.127 e. The summed E-state index contributed by atoms with van der Waals surface area (Å²) in [6.07, 6.45) is 0. The van der Waals surface area contributed by atoms with Crippen molar-refractivity contribution in [2.24, 2.45) is 0 Å². The van der Waals surface area contributed by atoms with Gasteiger partial charge in [0.1, 0.15) is 10.9 Å². The summed E-state index contributed by atoms with van der Waals surface area (Å²) in [4.78, 5) is 11.5. The fourth-order valence-electron chi connectivity index (χ4n) is 2.48. The van der Waals surface area contributed by atoms with E-state index in [0.717, 1.165) is 60.7 Å². The molecule has 1 saturated heterocycles. The molecule has 22 heavy (non-hydrogen) atoms. The highest BCUT2D eigenvalue weighted by Gasteiger charge is 2.10. The normalized spacial score (nSPS) is 15.9. The van der Waals surface area contributed by atoms with Gasteiger partial charge in [-0.05, 0) is 13.0 Å². The van der Waals surface area contributed by atoms with E-state index in [-0.39, 0.29) is 0 Å². The summed E-state index contributed by atoms with van der Waals surface area (Å²) in [6.45, 7) is 6.83. The molecule has 4 nitrogen and oxygen atoms in total. The summed E-state index contributed by atoms with van der Waals surface area (Å²) in [5, 5.41) is 1.06. The lowest BCUT2D eigenvalue weighted by molar-refractivity contribution is 0.0410. The molecule has 1 aliphatic rings. The molecule has 1 fully saturated rings. The number of aryl methyl sites for hydroxylation is 1. The molecule has 3 rings (SSSR count). The summed E-state index contributed by atoms with van der Waals surface area (Å²) >= 11 is 1.80. The first-order chi connectivity index (χ1) is 10.8. The van der Waals surface area contributed by atoms with Crippen molar-refractivity contribution in [1.29, 1.82) is 0 Å². The first-order valence-electron chi connectivity index (χ1n) is 7.65. The molecule has 0 aliphatic carbocycles. The van der Waals surface area contributed by atoms with Gasteiger partial charge >= 0.3 is 0 Å². The van der Waals surface area contributed by atoms with Gasteiger partial charge in [-0.3, -0.25) is 4.90 Å². The lowest BCUT2D eigenvalue weighted by Gasteiger charge is -2.26. The summed E-state index contributed by atoms with van der Waals surface area (Å²) in [5.41, 5.74) is 2.14. The van der Waals surface area contributed by atoms with Crippen LogP contribution in [0.1, 0.15) is 5.82 Å². The zero-order chi connectivity index (χ0) is 15.2. The highest BCUT2D eigenvalue weighted by Crippen LogP contribution is 2.23. The Balaban J connectivity index is 1.62. The lowest BCUT2D eigenvalue weighted by atomic mass is 10.1. The monoisotopic (exact) mass is 315 g/mol. The number of benzene rings is 1. The highest BCUT2D eigenvalue weighted by molar-refractivity contribution is 7.99. The Morgan fingerprint density at radius 2 is 1.91 bits per heavy atom. The molecule has 0 unspecified atom stereocenters. The van der Waals surface area contributed by atoms with E-state index in [1.54, 1.807) is 11.8 Å². The summed E-state index contributed by atoms with van der Waals surface area (Å²) in [6, 6.07) is 12.4. The minimum absolute atomic E-state index is 0.829. The van der Waals surface area contributed by atoms with Crippen LogP contribution in [-0.2, 0) is 4.74 Å². The third-order valence-electron chi connectivity index (χ3n) is 3.65. The van der Waals surface area contributed by atoms with Crippen molar-refractivity contribution in [3.8, 4) is 11.3 Å². The van der Waals surface area contributed by atoms with E-state index in [4.69, 9.17) is 4.74 Å². The van der Waals surface area contributed by atoms with E-state index >= 15 is 0 Å². The van der Waals surface area contributed by atoms with Crippen molar-refractivity contribution in [2.75, 3.05) is 38.6 Å². The number of aromatic nitrogens is 2. The average molecular weight is 315 g/mol. The predicted octanol–water partition coefficient (Wildman–Crippen LogP) is 2.88. The number of hydrogen-bond donors (Lipinski definition) is 0. The molecular weight excluding hydrogens is 294 g/mol. The van der Waals surface area contributed by atoms with Crippen LogP contribution in [0.25, 0.3) is 11.3 Å². The quantitative estimate of drug-likeness (QED) is 0.626. The number of ether oxygens (including phenoxy) is 1. The highest BCUT2D eigenvalue weighted by atomic mass is 32.2. The van der Waals surface area contributed by atoms with E-state index in [2.05, 4.69) is 33.1 Å². The third-order valence-corrected chi connectivity index (χ3v) is 4.54. The van der Waals surface area contributed by atoms with E-state index in [1.807, 2.05) is 25.1 Å². The molecule has 2 heterocycles. The van der Waals surface area contributed by atoms with Crippen LogP contribution in [0.2, 0.25) is 0 Å². The third kappa shape index (κ3) is 4.29. The zero-order valence-corrected chi connectivity index (χ0v) is 13.7. The summed E-state index contributed by atoms with van der Waals surface area (Å²) in [7, 11) is 0. The van der Waals surface area contributed by atoms with Crippen LogP contribution >= 0.6 is 11.8 Å². The van der Waals surface area contributed by atoms with Crippen molar-refractivity contribution < 1.29 is 4.74 Å². The Bertz CT molecular complexity index is 600. The molecule has 1 aromatic heterocycles. The maximum Gasteiger partial charge on any atom is 0.127 e. The van der Waals surface area contributed by atoms with Gasteiger partial charge in [-0.2, -0.15) is 0 Å². The Morgan fingerprint density at radius 3 is 2.68 bits per heavy atom. The zero-order valence-electron chi connectivity index (χ0n) is 12.9.